The van der Waals surface area contributed by atoms with Crippen molar-refractivity contribution in [3.8, 4) is 11.5 Å². The first-order valence-corrected chi connectivity index (χ1v) is 7.61. The Bertz CT molecular complexity index is 708. The molecule has 1 amide bonds. The average Bonchev–Trinajstić information content (AvgIpc) is 2.54. The molecule has 0 saturated carbocycles. The Morgan fingerprint density at radius 2 is 1.84 bits per heavy atom. The van der Waals surface area contributed by atoms with E-state index in [9.17, 15) is 24.9 Å². The number of amides is 1. The van der Waals surface area contributed by atoms with Crippen LogP contribution in [0.1, 0.15) is 32.4 Å². The molecule has 1 aromatic carbocycles. The topological polar surface area (TPSA) is 116 Å². The minimum absolute atomic E-state index is 0.0139. The predicted molar refractivity (Wildman–Crippen MR) is 93.1 cm³/mol. The number of phenols is 2. The van der Waals surface area contributed by atoms with Crippen molar-refractivity contribution in [1.82, 2.24) is 0 Å². The summed E-state index contributed by atoms with van der Waals surface area (Å²) in [7, 11) is 1.27. The molecule has 0 unspecified atom stereocenters. The fourth-order valence-corrected chi connectivity index (χ4v) is 2.26. The molecule has 136 valence electrons. The lowest BCUT2D eigenvalue weighted by Crippen LogP contribution is -2.10. The molecule has 0 spiro atoms. The van der Waals surface area contributed by atoms with Gasteiger partial charge in [0.25, 0.3) is 0 Å². The third kappa shape index (κ3) is 5.96. The average molecular weight is 349 g/mol. The number of esters is 1. The summed E-state index contributed by atoms with van der Waals surface area (Å²) in [4.78, 5) is 22.3. The first kappa shape index (κ1) is 20.2. The molecule has 1 rings (SSSR count). The van der Waals surface area contributed by atoms with E-state index in [1.54, 1.807) is 26.0 Å². The molecule has 0 saturated heterocycles. The Morgan fingerprint density at radius 3 is 2.40 bits per heavy atom. The van der Waals surface area contributed by atoms with Gasteiger partial charge < -0.3 is 25.4 Å². The fraction of sp³-hybridized carbons (Fsp3) is 0.333. The van der Waals surface area contributed by atoms with Gasteiger partial charge in [-0.2, -0.15) is 0 Å². The van der Waals surface area contributed by atoms with Crippen molar-refractivity contribution >= 4 is 17.6 Å². The van der Waals surface area contributed by atoms with Crippen LogP contribution in [0.5, 0.6) is 11.5 Å². The zero-order chi connectivity index (χ0) is 19.1. The quantitative estimate of drug-likeness (QED) is 0.206. The van der Waals surface area contributed by atoms with Gasteiger partial charge in [0, 0.05) is 30.5 Å². The Balaban J connectivity index is 3.07. The summed E-state index contributed by atoms with van der Waals surface area (Å²) < 4.78 is 4.50. The number of anilines is 1. The molecule has 0 radical (unpaired) electrons. The minimum Gasteiger partial charge on any atom is -0.508 e. The number of aliphatic hydroxyl groups excluding tert-OH is 1. The number of aliphatic hydroxyl groups is 1. The summed E-state index contributed by atoms with van der Waals surface area (Å²) in [5.74, 6) is -1.87. The van der Waals surface area contributed by atoms with E-state index >= 15 is 0 Å². The van der Waals surface area contributed by atoms with Gasteiger partial charge in [-0.15, -0.1) is 0 Å². The van der Waals surface area contributed by atoms with Gasteiger partial charge in [0.2, 0.25) is 5.91 Å². The number of hydrogen-bond acceptors (Lipinski definition) is 6. The highest BCUT2D eigenvalue weighted by atomic mass is 16.5. The molecule has 0 heterocycles. The normalized spacial score (nSPS) is 14.2. The van der Waals surface area contributed by atoms with Crippen molar-refractivity contribution < 1.29 is 29.6 Å². The second-order valence-electron chi connectivity index (χ2n) is 5.68. The first-order valence-electron chi connectivity index (χ1n) is 7.61. The number of carbonyl (C=O) groups excluding carboxylic acids is 2. The smallest absolute Gasteiger partial charge is 0.330 e. The molecule has 2 atom stereocenters. The SMILES string of the molecule is COC(=O)/C=C/C(C)=C/[C@H](C)[C@@H](O)c1cc(O)cc(NC(C)=O)c1O. The van der Waals surface area contributed by atoms with E-state index in [0.29, 0.717) is 5.57 Å². The van der Waals surface area contributed by atoms with Crippen LogP contribution in [0.15, 0.2) is 35.9 Å². The predicted octanol–water partition coefficient (Wildman–Crippen LogP) is 2.40. The van der Waals surface area contributed by atoms with Gasteiger partial charge in [-0.1, -0.05) is 24.6 Å². The summed E-state index contributed by atoms with van der Waals surface area (Å²) in [6.45, 7) is 4.72. The maximum absolute atomic E-state index is 11.2. The molecular formula is C18H23NO6. The molecule has 1 aromatic rings. The number of rotatable bonds is 6. The number of ether oxygens (including phenoxy) is 1. The van der Waals surface area contributed by atoms with E-state index in [0.717, 1.165) is 0 Å². The van der Waals surface area contributed by atoms with Crippen LogP contribution in [-0.4, -0.2) is 34.3 Å². The van der Waals surface area contributed by atoms with Crippen molar-refractivity contribution in [2.24, 2.45) is 5.92 Å². The van der Waals surface area contributed by atoms with Crippen LogP contribution in [0.25, 0.3) is 0 Å². The van der Waals surface area contributed by atoms with E-state index < -0.39 is 23.9 Å². The zero-order valence-electron chi connectivity index (χ0n) is 14.6. The second-order valence-corrected chi connectivity index (χ2v) is 5.68. The standard InChI is InChI=1S/C18H23NO6/c1-10(5-6-16(22)25-4)7-11(2)17(23)14-8-13(21)9-15(18(14)24)19-12(3)20/h5-9,11,17,21,23-24H,1-4H3,(H,19,20)/b6-5+,10-7+/t11-,17+/m0/s1. The number of aromatic hydroxyl groups is 2. The van der Waals surface area contributed by atoms with Gasteiger partial charge in [-0.05, 0) is 13.0 Å². The minimum atomic E-state index is -1.14. The Morgan fingerprint density at radius 1 is 1.20 bits per heavy atom. The molecule has 0 aromatic heterocycles. The molecule has 25 heavy (non-hydrogen) atoms. The summed E-state index contributed by atoms with van der Waals surface area (Å²) >= 11 is 0. The van der Waals surface area contributed by atoms with Crippen LogP contribution < -0.4 is 5.32 Å². The van der Waals surface area contributed by atoms with Crippen molar-refractivity contribution in [3.63, 3.8) is 0 Å². The lowest BCUT2D eigenvalue weighted by molar-refractivity contribution is -0.134. The number of phenolic OH excluding ortho intramolecular Hbond substituents is 2. The third-order valence-corrected chi connectivity index (χ3v) is 3.46. The van der Waals surface area contributed by atoms with Crippen LogP contribution in [0.2, 0.25) is 0 Å². The summed E-state index contributed by atoms with van der Waals surface area (Å²) in [5, 5.41) is 32.9. The molecule has 0 aliphatic heterocycles. The second kappa shape index (κ2) is 8.89. The summed E-state index contributed by atoms with van der Waals surface area (Å²) in [6.07, 6.45) is 3.36. The third-order valence-electron chi connectivity index (χ3n) is 3.46. The Labute approximate surface area is 146 Å². The molecule has 4 N–H and O–H groups in total. The fourth-order valence-electron chi connectivity index (χ4n) is 2.26. The molecule has 7 nitrogen and oxygen atoms in total. The van der Waals surface area contributed by atoms with E-state index in [2.05, 4.69) is 10.1 Å². The number of carbonyl (C=O) groups is 2. The summed E-state index contributed by atoms with van der Waals surface area (Å²) in [5.41, 5.74) is 0.802. The van der Waals surface area contributed by atoms with Crippen molar-refractivity contribution in [3.05, 3.63) is 41.5 Å². The number of allylic oxidation sites excluding steroid dienone is 2. The highest BCUT2D eigenvalue weighted by Crippen LogP contribution is 2.38. The lowest BCUT2D eigenvalue weighted by atomic mass is 9.94. The maximum Gasteiger partial charge on any atom is 0.330 e. The number of hydrogen-bond donors (Lipinski definition) is 4. The highest BCUT2D eigenvalue weighted by molar-refractivity contribution is 5.91. The van der Waals surface area contributed by atoms with Gasteiger partial charge in [0.15, 0.2) is 0 Å². The molecule has 0 aliphatic carbocycles. The maximum atomic E-state index is 11.2. The number of benzene rings is 1. The van der Waals surface area contributed by atoms with Gasteiger partial charge >= 0.3 is 5.97 Å². The molecular weight excluding hydrogens is 326 g/mol. The monoisotopic (exact) mass is 349 g/mol. The number of methoxy groups -OCH3 is 1. The van der Waals surface area contributed by atoms with E-state index in [1.807, 2.05) is 0 Å². The van der Waals surface area contributed by atoms with Crippen LogP contribution in [0.4, 0.5) is 5.69 Å². The van der Waals surface area contributed by atoms with Crippen molar-refractivity contribution in [1.29, 1.82) is 0 Å². The number of nitrogens with one attached hydrogen (secondary N) is 1. The van der Waals surface area contributed by atoms with E-state index in [-0.39, 0.29) is 22.7 Å². The van der Waals surface area contributed by atoms with Gasteiger partial charge in [0.1, 0.15) is 11.5 Å². The molecule has 0 fully saturated rings. The van der Waals surface area contributed by atoms with Crippen molar-refractivity contribution in [2.45, 2.75) is 26.9 Å². The van der Waals surface area contributed by atoms with Crippen molar-refractivity contribution in [2.75, 3.05) is 12.4 Å². The van der Waals surface area contributed by atoms with Crippen LogP contribution in [0.3, 0.4) is 0 Å². The van der Waals surface area contributed by atoms with Crippen LogP contribution in [-0.2, 0) is 14.3 Å². The summed E-state index contributed by atoms with van der Waals surface area (Å²) in [6, 6.07) is 2.42. The molecule has 7 heteroatoms. The van der Waals surface area contributed by atoms with Gasteiger partial charge in [0.05, 0.1) is 18.9 Å². The Hall–Kier alpha value is -2.80. The Kier molecular flexibility index (Phi) is 7.20. The highest BCUT2D eigenvalue weighted by Gasteiger charge is 2.21. The zero-order valence-corrected chi connectivity index (χ0v) is 14.6. The van der Waals surface area contributed by atoms with E-state index in [1.165, 1.54) is 32.2 Å². The molecule has 0 bridgehead atoms. The first-order chi connectivity index (χ1) is 11.6. The van der Waals surface area contributed by atoms with Crippen LogP contribution in [0, 0.1) is 5.92 Å². The van der Waals surface area contributed by atoms with Crippen LogP contribution >= 0.6 is 0 Å². The largest absolute Gasteiger partial charge is 0.508 e. The van der Waals surface area contributed by atoms with Gasteiger partial charge in [-0.25, -0.2) is 4.79 Å². The van der Waals surface area contributed by atoms with E-state index in [4.69, 9.17) is 0 Å². The van der Waals surface area contributed by atoms with Gasteiger partial charge in [-0.3, -0.25) is 4.79 Å². The molecule has 0 aliphatic rings. The lowest BCUT2D eigenvalue weighted by Gasteiger charge is -2.20.